The lowest BCUT2D eigenvalue weighted by Gasteiger charge is -2.19. The van der Waals surface area contributed by atoms with Gasteiger partial charge in [0.1, 0.15) is 0 Å². The van der Waals surface area contributed by atoms with Crippen molar-refractivity contribution in [2.24, 2.45) is 0 Å². The molecule has 0 unspecified atom stereocenters. The van der Waals surface area contributed by atoms with E-state index in [1.165, 1.54) is 0 Å². The third-order valence-electron chi connectivity index (χ3n) is 1.64. The second kappa shape index (κ2) is 6.00. The molecule has 0 N–H and O–H groups in total. The van der Waals surface area contributed by atoms with Gasteiger partial charge in [-0.3, -0.25) is 4.79 Å². The van der Waals surface area contributed by atoms with Crippen molar-refractivity contribution in [3.63, 3.8) is 0 Å². The van der Waals surface area contributed by atoms with Crippen LogP contribution in [0.15, 0.2) is 0 Å². The Morgan fingerprint density at radius 1 is 1.50 bits per heavy atom. The fourth-order valence-corrected chi connectivity index (χ4v) is 0.937. The fraction of sp³-hybridized carbons (Fsp3) is 0.889. The molecule has 3 heteroatoms. The van der Waals surface area contributed by atoms with Crippen LogP contribution in [-0.2, 0) is 9.53 Å². The number of likely N-dealkylation sites (N-methyl/N-ethyl adjacent to an activating group) is 1. The average Bonchev–Trinajstić information content (AvgIpc) is 1.96. The molecule has 72 valence electrons. The number of hydrogen-bond acceptors (Lipinski definition) is 2. The van der Waals surface area contributed by atoms with Crippen LogP contribution in [0.1, 0.15) is 27.7 Å². The number of carbonyl (C=O) groups is 1. The van der Waals surface area contributed by atoms with Crippen molar-refractivity contribution >= 4 is 5.91 Å². The van der Waals surface area contributed by atoms with E-state index >= 15 is 0 Å². The first-order valence-electron chi connectivity index (χ1n) is 4.45. The summed E-state index contributed by atoms with van der Waals surface area (Å²) in [5.41, 5.74) is 0. The van der Waals surface area contributed by atoms with Gasteiger partial charge in [0.15, 0.2) is 0 Å². The van der Waals surface area contributed by atoms with Crippen LogP contribution in [0.5, 0.6) is 0 Å². The highest BCUT2D eigenvalue weighted by atomic mass is 16.5. The molecule has 0 bridgehead atoms. The van der Waals surface area contributed by atoms with Gasteiger partial charge in [-0.1, -0.05) is 0 Å². The molecule has 0 fully saturated rings. The molecule has 0 spiro atoms. The smallest absolute Gasteiger partial charge is 0.219 e. The van der Waals surface area contributed by atoms with Crippen molar-refractivity contribution < 1.29 is 9.53 Å². The molecule has 0 saturated carbocycles. The van der Waals surface area contributed by atoms with E-state index in [0.717, 1.165) is 6.54 Å². The lowest BCUT2D eigenvalue weighted by molar-refractivity contribution is -0.129. The normalized spacial score (nSPS) is 10.4. The first kappa shape index (κ1) is 11.4. The van der Waals surface area contributed by atoms with Crippen molar-refractivity contribution in [3.05, 3.63) is 0 Å². The summed E-state index contributed by atoms with van der Waals surface area (Å²) in [5.74, 6) is 0.116. The highest BCUT2D eigenvalue weighted by Gasteiger charge is 2.04. The molecule has 12 heavy (non-hydrogen) atoms. The van der Waals surface area contributed by atoms with Gasteiger partial charge in [0, 0.05) is 20.0 Å². The van der Waals surface area contributed by atoms with Crippen LogP contribution in [0.2, 0.25) is 0 Å². The minimum absolute atomic E-state index is 0.116. The van der Waals surface area contributed by atoms with Crippen LogP contribution in [0.25, 0.3) is 0 Å². The third kappa shape index (κ3) is 5.13. The van der Waals surface area contributed by atoms with Gasteiger partial charge in [0.25, 0.3) is 0 Å². The van der Waals surface area contributed by atoms with Gasteiger partial charge in [-0.2, -0.15) is 0 Å². The molecule has 0 aliphatic heterocycles. The van der Waals surface area contributed by atoms with Crippen molar-refractivity contribution in [1.29, 1.82) is 0 Å². The molecule has 3 nitrogen and oxygen atoms in total. The molecule has 0 atom stereocenters. The third-order valence-corrected chi connectivity index (χ3v) is 1.64. The molecular weight excluding hydrogens is 154 g/mol. The summed E-state index contributed by atoms with van der Waals surface area (Å²) in [7, 11) is 0. The average molecular weight is 173 g/mol. The summed E-state index contributed by atoms with van der Waals surface area (Å²) in [6.45, 7) is 9.62. The van der Waals surface area contributed by atoms with Crippen LogP contribution in [0.3, 0.4) is 0 Å². The van der Waals surface area contributed by atoms with Gasteiger partial charge in [-0.15, -0.1) is 0 Å². The molecule has 0 heterocycles. The van der Waals surface area contributed by atoms with Crippen molar-refractivity contribution in [2.75, 3.05) is 19.7 Å². The fourth-order valence-electron chi connectivity index (χ4n) is 0.937. The van der Waals surface area contributed by atoms with Crippen LogP contribution in [0.4, 0.5) is 0 Å². The number of carbonyl (C=O) groups excluding carboxylic acids is 1. The van der Waals surface area contributed by atoms with Crippen molar-refractivity contribution in [3.8, 4) is 0 Å². The number of rotatable bonds is 5. The topological polar surface area (TPSA) is 29.5 Å². The Hall–Kier alpha value is -0.570. The summed E-state index contributed by atoms with van der Waals surface area (Å²) >= 11 is 0. The molecule has 1 amide bonds. The minimum atomic E-state index is 0.116. The Labute approximate surface area is 74.7 Å². The summed E-state index contributed by atoms with van der Waals surface area (Å²) in [4.78, 5) is 12.7. The Balaban J connectivity index is 3.52. The Morgan fingerprint density at radius 3 is 2.42 bits per heavy atom. The summed E-state index contributed by atoms with van der Waals surface area (Å²) in [6, 6.07) is 0. The van der Waals surface area contributed by atoms with Crippen LogP contribution < -0.4 is 0 Å². The van der Waals surface area contributed by atoms with Gasteiger partial charge < -0.3 is 9.64 Å². The molecule has 0 aromatic carbocycles. The lowest BCUT2D eigenvalue weighted by Crippen LogP contribution is -2.32. The zero-order valence-electron chi connectivity index (χ0n) is 8.46. The zero-order valence-corrected chi connectivity index (χ0v) is 8.46. The van der Waals surface area contributed by atoms with E-state index in [1.807, 2.05) is 20.8 Å². The number of nitrogens with zero attached hydrogens (tertiary/aromatic N) is 1. The predicted octanol–water partition coefficient (Wildman–Crippen LogP) is 1.28. The number of ether oxygens (including phenoxy) is 1. The van der Waals surface area contributed by atoms with Gasteiger partial charge >= 0.3 is 0 Å². The first-order chi connectivity index (χ1) is 5.57. The van der Waals surface area contributed by atoms with Crippen LogP contribution >= 0.6 is 0 Å². The first-order valence-corrected chi connectivity index (χ1v) is 4.45. The lowest BCUT2D eigenvalue weighted by atomic mass is 10.4. The van der Waals surface area contributed by atoms with Gasteiger partial charge in [0.05, 0.1) is 12.7 Å². The molecule has 0 aromatic rings. The maximum atomic E-state index is 10.9. The van der Waals surface area contributed by atoms with Crippen molar-refractivity contribution in [2.45, 2.75) is 33.8 Å². The van der Waals surface area contributed by atoms with E-state index < -0.39 is 0 Å². The summed E-state index contributed by atoms with van der Waals surface area (Å²) in [6.07, 6.45) is 0.246. The van der Waals surface area contributed by atoms with Gasteiger partial charge in [-0.05, 0) is 20.8 Å². The maximum absolute atomic E-state index is 10.9. The Bertz CT molecular complexity index is 134. The van der Waals surface area contributed by atoms with Crippen LogP contribution in [-0.4, -0.2) is 36.6 Å². The number of amides is 1. The van der Waals surface area contributed by atoms with E-state index in [-0.39, 0.29) is 12.0 Å². The predicted molar refractivity (Wildman–Crippen MR) is 49.0 cm³/mol. The second-order valence-electron chi connectivity index (χ2n) is 3.02. The van der Waals surface area contributed by atoms with E-state index in [9.17, 15) is 4.79 Å². The molecule has 0 radical (unpaired) electrons. The van der Waals surface area contributed by atoms with E-state index in [0.29, 0.717) is 13.2 Å². The van der Waals surface area contributed by atoms with Gasteiger partial charge in [-0.25, -0.2) is 0 Å². The van der Waals surface area contributed by atoms with E-state index in [1.54, 1.807) is 11.8 Å². The van der Waals surface area contributed by atoms with Gasteiger partial charge in [0.2, 0.25) is 5.91 Å². The Kier molecular flexibility index (Phi) is 5.72. The van der Waals surface area contributed by atoms with Crippen LogP contribution in [0, 0.1) is 0 Å². The van der Waals surface area contributed by atoms with Crippen molar-refractivity contribution in [1.82, 2.24) is 4.90 Å². The summed E-state index contributed by atoms with van der Waals surface area (Å²) < 4.78 is 5.33. The molecule has 0 saturated heterocycles. The quantitative estimate of drug-likeness (QED) is 0.626. The Morgan fingerprint density at radius 2 is 2.08 bits per heavy atom. The SMILES string of the molecule is CCN(CCOC(C)C)C(C)=O. The molecule has 0 aromatic heterocycles. The highest BCUT2D eigenvalue weighted by molar-refractivity contribution is 5.73. The molecule has 0 aliphatic carbocycles. The largest absolute Gasteiger partial charge is 0.377 e. The second-order valence-corrected chi connectivity index (χ2v) is 3.02. The molecule has 0 aliphatic rings. The minimum Gasteiger partial charge on any atom is -0.377 e. The number of hydrogen-bond donors (Lipinski definition) is 0. The summed E-state index contributed by atoms with van der Waals surface area (Å²) in [5, 5.41) is 0. The standard InChI is InChI=1S/C9H19NO2/c1-5-10(9(4)11)6-7-12-8(2)3/h8H,5-7H2,1-4H3. The molecule has 0 rings (SSSR count). The molecular formula is C9H19NO2. The van der Waals surface area contributed by atoms with E-state index in [2.05, 4.69) is 0 Å². The zero-order chi connectivity index (χ0) is 9.56. The van der Waals surface area contributed by atoms with E-state index in [4.69, 9.17) is 4.74 Å². The maximum Gasteiger partial charge on any atom is 0.219 e. The monoisotopic (exact) mass is 173 g/mol. The highest BCUT2D eigenvalue weighted by Crippen LogP contribution is 1.92.